The van der Waals surface area contributed by atoms with Crippen molar-refractivity contribution in [3.05, 3.63) is 29.3 Å². The molecule has 2 atom stereocenters. The van der Waals surface area contributed by atoms with Crippen LogP contribution in [0.1, 0.15) is 55.7 Å². The lowest BCUT2D eigenvalue weighted by Crippen LogP contribution is -2.36. The van der Waals surface area contributed by atoms with E-state index in [1.165, 1.54) is 43.2 Å². The third-order valence-electron chi connectivity index (χ3n) is 4.50. The largest absolute Gasteiger partial charge is 0.490 e. The van der Waals surface area contributed by atoms with Crippen LogP contribution in [0.5, 0.6) is 5.75 Å². The Labute approximate surface area is 110 Å². The average molecular weight is 245 g/mol. The van der Waals surface area contributed by atoms with E-state index >= 15 is 0 Å². The molecule has 1 saturated carbocycles. The zero-order chi connectivity index (χ0) is 12.5. The van der Waals surface area contributed by atoms with Gasteiger partial charge in [0.15, 0.2) is 0 Å². The van der Waals surface area contributed by atoms with E-state index in [4.69, 9.17) is 10.5 Å². The minimum Gasteiger partial charge on any atom is -0.490 e. The highest BCUT2D eigenvalue weighted by Gasteiger charge is 2.32. The van der Waals surface area contributed by atoms with E-state index in [1.54, 1.807) is 0 Å². The highest BCUT2D eigenvalue weighted by molar-refractivity contribution is 5.40. The second kappa shape index (κ2) is 4.93. The van der Waals surface area contributed by atoms with E-state index < -0.39 is 0 Å². The maximum atomic E-state index is 6.33. The fourth-order valence-electron chi connectivity index (χ4n) is 3.45. The highest BCUT2D eigenvalue weighted by Crippen LogP contribution is 2.39. The van der Waals surface area contributed by atoms with Crippen LogP contribution in [0.2, 0.25) is 0 Å². The number of rotatable bonds is 1. The van der Waals surface area contributed by atoms with Crippen molar-refractivity contribution in [2.75, 3.05) is 0 Å². The Bertz CT molecular complexity index is 423. The van der Waals surface area contributed by atoms with Gasteiger partial charge in [-0.1, -0.05) is 37.0 Å². The summed E-state index contributed by atoms with van der Waals surface area (Å²) in [5, 5.41) is 0. The van der Waals surface area contributed by atoms with Crippen molar-refractivity contribution in [3.63, 3.8) is 0 Å². The zero-order valence-corrected chi connectivity index (χ0v) is 11.2. The van der Waals surface area contributed by atoms with Gasteiger partial charge in [0.1, 0.15) is 11.9 Å². The standard InChI is InChI=1S/C16H23NO/c1-11-7-8-15-13(9-11)14(17)10-16(18-15)12-5-3-2-4-6-12/h7-9,12,14,16H,2-6,10,17H2,1H3/t14-,16?/m0/s1. The van der Waals surface area contributed by atoms with Gasteiger partial charge >= 0.3 is 0 Å². The molecule has 3 rings (SSSR count). The zero-order valence-electron chi connectivity index (χ0n) is 11.2. The summed E-state index contributed by atoms with van der Waals surface area (Å²) in [6.45, 7) is 2.11. The molecule has 2 N–H and O–H groups in total. The third-order valence-corrected chi connectivity index (χ3v) is 4.50. The smallest absolute Gasteiger partial charge is 0.124 e. The summed E-state index contributed by atoms with van der Waals surface area (Å²) in [6.07, 6.45) is 8.08. The Hall–Kier alpha value is -1.02. The fourth-order valence-corrected chi connectivity index (χ4v) is 3.45. The van der Waals surface area contributed by atoms with E-state index in [0.29, 0.717) is 6.10 Å². The van der Waals surface area contributed by atoms with Crippen LogP contribution < -0.4 is 10.5 Å². The van der Waals surface area contributed by atoms with Gasteiger partial charge in [0.05, 0.1) is 0 Å². The number of nitrogens with two attached hydrogens (primary N) is 1. The number of benzene rings is 1. The summed E-state index contributed by atoms with van der Waals surface area (Å²) >= 11 is 0. The second-order valence-electron chi connectivity index (χ2n) is 5.94. The van der Waals surface area contributed by atoms with E-state index in [2.05, 4.69) is 25.1 Å². The monoisotopic (exact) mass is 245 g/mol. The number of ether oxygens (including phenoxy) is 1. The Balaban J connectivity index is 1.80. The molecule has 1 aliphatic heterocycles. The third kappa shape index (κ3) is 2.26. The molecule has 0 aromatic heterocycles. The Kier molecular flexibility index (Phi) is 3.29. The predicted molar refractivity (Wildman–Crippen MR) is 73.7 cm³/mol. The first-order valence-corrected chi connectivity index (χ1v) is 7.27. The maximum absolute atomic E-state index is 6.33. The molecule has 0 saturated heterocycles. The van der Waals surface area contributed by atoms with E-state index in [0.717, 1.165) is 18.1 Å². The summed E-state index contributed by atoms with van der Waals surface area (Å²) in [7, 11) is 0. The summed E-state index contributed by atoms with van der Waals surface area (Å²) in [5.41, 5.74) is 8.80. The quantitative estimate of drug-likeness (QED) is 0.818. The van der Waals surface area contributed by atoms with Crippen molar-refractivity contribution < 1.29 is 4.74 Å². The van der Waals surface area contributed by atoms with Crippen LogP contribution >= 0.6 is 0 Å². The molecule has 1 unspecified atom stereocenters. The summed E-state index contributed by atoms with van der Waals surface area (Å²) in [5.74, 6) is 1.74. The van der Waals surface area contributed by atoms with Crippen molar-refractivity contribution in [2.24, 2.45) is 11.7 Å². The molecule has 2 heteroatoms. The van der Waals surface area contributed by atoms with Crippen molar-refractivity contribution >= 4 is 0 Å². The molecule has 2 aliphatic rings. The molecule has 0 amide bonds. The SMILES string of the molecule is Cc1ccc2c(c1)[C@@H](N)CC(C1CCCCC1)O2. The molecule has 1 fully saturated rings. The number of aryl methyl sites for hydroxylation is 1. The highest BCUT2D eigenvalue weighted by atomic mass is 16.5. The van der Waals surface area contributed by atoms with Gasteiger partial charge in [-0.25, -0.2) is 0 Å². The normalized spacial score (nSPS) is 28.6. The Morgan fingerprint density at radius 1 is 1.17 bits per heavy atom. The summed E-state index contributed by atoms with van der Waals surface area (Å²) in [4.78, 5) is 0. The molecule has 0 spiro atoms. The summed E-state index contributed by atoms with van der Waals surface area (Å²) < 4.78 is 6.22. The first-order valence-electron chi connectivity index (χ1n) is 7.27. The van der Waals surface area contributed by atoms with Gasteiger partial charge in [0, 0.05) is 18.0 Å². The van der Waals surface area contributed by atoms with Gasteiger partial charge in [-0.05, 0) is 31.7 Å². The van der Waals surface area contributed by atoms with Crippen LogP contribution in [0.3, 0.4) is 0 Å². The van der Waals surface area contributed by atoms with Crippen molar-refractivity contribution in [1.82, 2.24) is 0 Å². The van der Waals surface area contributed by atoms with Crippen LogP contribution in [-0.2, 0) is 0 Å². The molecule has 98 valence electrons. The van der Waals surface area contributed by atoms with Crippen LogP contribution in [0.4, 0.5) is 0 Å². The number of fused-ring (bicyclic) bond motifs is 1. The Morgan fingerprint density at radius 2 is 1.94 bits per heavy atom. The van der Waals surface area contributed by atoms with E-state index in [-0.39, 0.29) is 6.04 Å². The predicted octanol–water partition coefficient (Wildman–Crippen LogP) is 3.73. The first-order chi connectivity index (χ1) is 8.74. The number of hydrogen-bond donors (Lipinski definition) is 1. The lowest BCUT2D eigenvalue weighted by atomic mass is 9.81. The minimum atomic E-state index is 0.153. The fraction of sp³-hybridized carbons (Fsp3) is 0.625. The van der Waals surface area contributed by atoms with Gasteiger partial charge < -0.3 is 10.5 Å². The van der Waals surface area contributed by atoms with Crippen LogP contribution in [0.25, 0.3) is 0 Å². The van der Waals surface area contributed by atoms with E-state index in [9.17, 15) is 0 Å². The molecular formula is C16H23NO. The minimum absolute atomic E-state index is 0.153. The van der Waals surface area contributed by atoms with Gasteiger partial charge in [-0.2, -0.15) is 0 Å². The van der Waals surface area contributed by atoms with E-state index in [1.807, 2.05) is 0 Å². The van der Waals surface area contributed by atoms with Crippen LogP contribution in [-0.4, -0.2) is 6.10 Å². The maximum Gasteiger partial charge on any atom is 0.124 e. The molecule has 0 bridgehead atoms. The van der Waals surface area contributed by atoms with Crippen LogP contribution in [0.15, 0.2) is 18.2 Å². The van der Waals surface area contributed by atoms with Gasteiger partial charge in [0.2, 0.25) is 0 Å². The second-order valence-corrected chi connectivity index (χ2v) is 5.94. The van der Waals surface area contributed by atoms with Crippen molar-refractivity contribution in [1.29, 1.82) is 0 Å². The molecule has 2 nitrogen and oxygen atoms in total. The molecule has 1 aromatic carbocycles. The average Bonchev–Trinajstić information content (AvgIpc) is 2.40. The molecule has 0 radical (unpaired) electrons. The van der Waals surface area contributed by atoms with Gasteiger partial charge in [-0.15, -0.1) is 0 Å². The van der Waals surface area contributed by atoms with Gasteiger partial charge in [0.25, 0.3) is 0 Å². The van der Waals surface area contributed by atoms with Gasteiger partial charge in [-0.3, -0.25) is 0 Å². The van der Waals surface area contributed by atoms with Crippen molar-refractivity contribution in [3.8, 4) is 5.75 Å². The molecule has 1 aliphatic carbocycles. The topological polar surface area (TPSA) is 35.2 Å². The Morgan fingerprint density at radius 3 is 2.72 bits per heavy atom. The number of hydrogen-bond acceptors (Lipinski definition) is 2. The lowest BCUT2D eigenvalue weighted by molar-refractivity contribution is 0.0784. The molecule has 18 heavy (non-hydrogen) atoms. The molecular weight excluding hydrogens is 222 g/mol. The summed E-state index contributed by atoms with van der Waals surface area (Å²) in [6, 6.07) is 6.55. The van der Waals surface area contributed by atoms with Crippen molar-refractivity contribution in [2.45, 2.75) is 57.6 Å². The molecule has 1 aromatic rings. The molecule has 1 heterocycles. The first kappa shape index (κ1) is 12.0. The van der Waals surface area contributed by atoms with Crippen LogP contribution in [0, 0.1) is 12.8 Å². The lowest BCUT2D eigenvalue weighted by Gasteiger charge is -2.37.